The van der Waals surface area contributed by atoms with Gasteiger partial charge in [0, 0.05) is 5.92 Å². The third-order valence-electron chi connectivity index (χ3n) is 5.72. The zero-order valence-electron chi connectivity index (χ0n) is 16.3. The molecule has 1 aliphatic heterocycles. The number of methoxy groups -OCH3 is 1. The molecule has 0 radical (unpaired) electrons. The molecule has 3 aromatic rings. The van der Waals surface area contributed by atoms with Gasteiger partial charge in [0.1, 0.15) is 11.8 Å². The summed E-state index contributed by atoms with van der Waals surface area (Å²) in [6, 6.07) is 20.5. The van der Waals surface area contributed by atoms with Crippen LogP contribution in [0.1, 0.15) is 41.1 Å². The Morgan fingerprint density at radius 1 is 1.00 bits per heavy atom. The van der Waals surface area contributed by atoms with Gasteiger partial charge in [0.05, 0.1) is 24.4 Å². The summed E-state index contributed by atoms with van der Waals surface area (Å²) < 4.78 is 5.32. The zero-order chi connectivity index (χ0) is 20.5. The normalized spacial score (nSPS) is 20.2. The lowest BCUT2D eigenvalue weighted by Gasteiger charge is -2.40. The van der Waals surface area contributed by atoms with Crippen molar-refractivity contribution in [3.8, 4) is 23.3 Å². The highest BCUT2D eigenvalue weighted by molar-refractivity contribution is 5.68. The molecule has 3 aromatic carbocycles. The number of nitrogens with zero attached hydrogens (tertiary/aromatic N) is 1. The number of fused-ring (bicyclic) bond motifs is 1. The third kappa shape index (κ3) is 3.23. The van der Waals surface area contributed by atoms with Crippen LogP contribution < -0.4 is 10.1 Å². The molecular weight excluding hydrogens is 364 g/mol. The number of aromatic hydroxyl groups is 2. The first-order valence-electron chi connectivity index (χ1n) is 9.49. The van der Waals surface area contributed by atoms with Crippen LogP contribution in [0.4, 0.5) is 5.69 Å². The molecule has 5 nitrogen and oxygen atoms in total. The van der Waals surface area contributed by atoms with Crippen LogP contribution in [0.3, 0.4) is 0 Å². The average molecular weight is 386 g/mol. The molecule has 1 aliphatic rings. The number of rotatable bonds is 3. The SMILES string of the molecule is COc1cc([C@@H]2c3cccc(C#N)c3N[C@H](c3ccc(O)cc3)[C@H]2C)ccc1O. The number of para-hydroxylation sites is 1. The van der Waals surface area contributed by atoms with E-state index in [1.807, 2.05) is 42.5 Å². The smallest absolute Gasteiger partial charge is 0.160 e. The summed E-state index contributed by atoms with van der Waals surface area (Å²) in [5.41, 5.74) is 4.50. The third-order valence-corrected chi connectivity index (χ3v) is 5.72. The Morgan fingerprint density at radius 2 is 1.72 bits per heavy atom. The predicted octanol–water partition coefficient (Wildman–Crippen LogP) is 4.91. The second-order valence-corrected chi connectivity index (χ2v) is 7.36. The van der Waals surface area contributed by atoms with Gasteiger partial charge in [-0.15, -0.1) is 0 Å². The van der Waals surface area contributed by atoms with Crippen molar-refractivity contribution < 1.29 is 14.9 Å². The number of benzene rings is 3. The molecule has 0 spiro atoms. The van der Waals surface area contributed by atoms with Gasteiger partial charge < -0.3 is 20.3 Å². The Hall–Kier alpha value is -3.65. The maximum absolute atomic E-state index is 10.0. The molecule has 0 unspecified atom stereocenters. The highest BCUT2D eigenvalue weighted by atomic mass is 16.5. The molecule has 0 saturated heterocycles. The maximum Gasteiger partial charge on any atom is 0.160 e. The van der Waals surface area contributed by atoms with Gasteiger partial charge >= 0.3 is 0 Å². The van der Waals surface area contributed by atoms with Crippen LogP contribution in [-0.2, 0) is 0 Å². The number of hydrogen-bond donors (Lipinski definition) is 3. The van der Waals surface area contributed by atoms with Crippen molar-refractivity contribution >= 4 is 5.69 Å². The van der Waals surface area contributed by atoms with Crippen molar-refractivity contribution in [1.29, 1.82) is 5.26 Å². The quantitative estimate of drug-likeness (QED) is 0.595. The summed E-state index contributed by atoms with van der Waals surface area (Å²) in [4.78, 5) is 0. The molecule has 0 fully saturated rings. The van der Waals surface area contributed by atoms with E-state index >= 15 is 0 Å². The molecule has 0 bridgehead atoms. The van der Waals surface area contributed by atoms with Crippen molar-refractivity contribution in [3.63, 3.8) is 0 Å². The molecule has 4 rings (SSSR count). The van der Waals surface area contributed by atoms with Gasteiger partial charge in [-0.3, -0.25) is 0 Å². The van der Waals surface area contributed by atoms with Crippen LogP contribution in [0.2, 0.25) is 0 Å². The van der Waals surface area contributed by atoms with E-state index in [4.69, 9.17) is 4.74 Å². The minimum atomic E-state index is -0.0533. The summed E-state index contributed by atoms with van der Waals surface area (Å²) >= 11 is 0. The summed E-state index contributed by atoms with van der Waals surface area (Å²) in [5.74, 6) is 0.865. The van der Waals surface area contributed by atoms with Crippen LogP contribution in [0.5, 0.6) is 17.2 Å². The van der Waals surface area contributed by atoms with E-state index in [9.17, 15) is 15.5 Å². The second-order valence-electron chi connectivity index (χ2n) is 7.36. The van der Waals surface area contributed by atoms with Crippen LogP contribution in [0.25, 0.3) is 0 Å². The predicted molar refractivity (Wildman–Crippen MR) is 111 cm³/mol. The Kier molecular flexibility index (Phi) is 4.77. The van der Waals surface area contributed by atoms with Crippen LogP contribution in [-0.4, -0.2) is 17.3 Å². The lowest BCUT2D eigenvalue weighted by atomic mass is 9.72. The molecule has 146 valence electrons. The monoisotopic (exact) mass is 386 g/mol. The van der Waals surface area contributed by atoms with Crippen molar-refractivity contribution in [2.75, 3.05) is 12.4 Å². The highest BCUT2D eigenvalue weighted by Gasteiger charge is 2.36. The Labute approximate surface area is 169 Å². The van der Waals surface area contributed by atoms with Crippen LogP contribution >= 0.6 is 0 Å². The molecule has 0 amide bonds. The fourth-order valence-corrected chi connectivity index (χ4v) is 4.29. The van der Waals surface area contributed by atoms with Crippen molar-refractivity contribution in [3.05, 3.63) is 82.9 Å². The number of nitriles is 1. The number of phenols is 2. The molecule has 0 aromatic heterocycles. The highest BCUT2D eigenvalue weighted by Crippen LogP contribution is 2.49. The average Bonchev–Trinajstić information content (AvgIpc) is 2.74. The van der Waals surface area contributed by atoms with Crippen molar-refractivity contribution in [1.82, 2.24) is 0 Å². The fraction of sp³-hybridized carbons (Fsp3) is 0.208. The van der Waals surface area contributed by atoms with Gasteiger partial charge in [-0.05, 0) is 52.9 Å². The van der Waals surface area contributed by atoms with Crippen molar-refractivity contribution in [2.24, 2.45) is 5.92 Å². The summed E-state index contributed by atoms with van der Waals surface area (Å²) in [6.45, 7) is 2.16. The van der Waals surface area contributed by atoms with Gasteiger partial charge in [-0.25, -0.2) is 0 Å². The van der Waals surface area contributed by atoms with E-state index in [-0.39, 0.29) is 29.4 Å². The van der Waals surface area contributed by atoms with E-state index in [0.29, 0.717) is 11.3 Å². The topological polar surface area (TPSA) is 85.5 Å². The van der Waals surface area contributed by atoms with Gasteiger partial charge in [0.25, 0.3) is 0 Å². The minimum absolute atomic E-state index is 0.00662. The maximum atomic E-state index is 10.0. The summed E-state index contributed by atoms with van der Waals surface area (Å²) in [5, 5.41) is 32.9. The van der Waals surface area contributed by atoms with Crippen LogP contribution in [0, 0.1) is 17.2 Å². The number of ether oxygens (including phenoxy) is 1. The lowest BCUT2D eigenvalue weighted by Crippen LogP contribution is -2.31. The number of hydrogen-bond acceptors (Lipinski definition) is 5. The largest absolute Gasteiger partial charge is 0.508 e. The van der Waals surface area contributed by atoms with Gasteiger partial charge in [0.2, 0.25) is 0 Å². The van der Waals surface area contributed by atoms with E-state index in [1.165, 1.54) is 7.11 Å². The second kappa shape index (κ2) is 7.40. The number of anilines is 1. The van der Waals surface area contributed by atoms with E-state index < -0.39 is 0 Å². The van der Waals surface area contributed by atoms with E-state index in [0.717, 1.165) is 22.4 Å². The van der Waals surface area contributed by atoms with Gasteiger partial charge in [0.15, 0.2) is 11.5 Å². The standard InChI is InChI=1S/C24H22N2O3/c1-14-22(16-8-11-20(28)21(12-16)29-2)19-5-3-4-17(13-25)24(19)26-23(14)15-6-9-18(27)10-7-15/h3-12,14,22-23,26-28H,1-2H3/t14-,22+,23-/m0/s1. The van der Waals surface area contributed by atoms with E-state index in [2.05, 4.69) is 18.3 Å². The molecule has 1 heterocycles. The minimum Gasteiger partial charge on any atom is -0.508 e. The molecule has 0 saturated carbocycles. The Morgan fingerprint density at radius 3 is 2.41 bits per heavy atom. The zero-order valence-corrected chi connectivity index (χ0v) is 16.3. The number of phenolic OH excluding ortho intramolecular Hbond substituents is 2. The first-order chi connectivity index (χ1) is 14.0. The fourth-order valence-electron chi connectivity index (χ4n) is 4.29. The molecule has 5 heteroatoms. The molecule has 0 aliphatic carbocycles. The molecular formula is C24H22N2O3. The first-order valence-corrected chi connectivity index (χ1v) is 9.49. The Bertz CT molecular complexity index is 1090. The summed E-state index contributed by atoms with van der Waals surface area (Å²) in [6.07, 6.45) is 0. The van der Waals surface area contributed by atoms with Crippen molar-refractivity contribution in [2.45, 2.75) is 18.9 Å². The summed E-state index contributed by atoms with van der Waals surface area (Å²) in [7, 11) is 1.53. The van der Waals surface area contributed by atoms with Crippen LogP contribution in [0.15, 0.2) is 60.7 Å². The van der Waals surface area contributed by atoms with Gasteiger partial charge in [-0.2, -0.15) is 5.26 Å². The number of nitrogens with one attached hydrogen (secondary N) is 1. The van der Waals surface area contributed by atoms with Gasteiger partial charge in [-0.1, -0.05) is 37.3 Å². The Balaban J connectivity index is 1.89. The lowest BCUT2D eigenvalue weighted by molar-refractivity contribution is 0.370. The molecule has 3 N–H and O–H groups in total. The van der Waals surface area contributed by atoms with E-state index in [1.54, 1.807) is 18.2 Å². The first kappa shape index (κ1) is 18.7. The molecule has 29 heavy (non-hydrogen) atoms. The molecule has 3 atom stereocenters.